The first-order chi connectivity index (χ1) is 13.1. The highest BCUT2D eigenvalue weighted by atomic mass is 127. The van der Waals surface area contributed by atoms with Gasteiger partial charge in [0.25, 0.3) is 0 Å². The lowest BCUT2D eigenvalue weighted by Gasteiger charge is -2.44. The zero-order valence-electron chi connectivity index (χ0n) is 14.8. The van der Waals surface area contributed by atoms with Crippen molar-refractivity contribution in [3.05, 3.63) is 46.2 Å². The van der Waals surface area contributed by atoms with Crippen molar-refractivity contribution in [1.82, 2.24) is 0 Å². The van der Waals surface area contributed by atoms with Crippen LogP contribution in [0.15, 0.2) is 29.3 Å². The third kappa shape index (κ3) is 3.00. The lowest BCUT2D eigenvalue weighted by Crippen LogP contribution is -2.46. The molecule has 5 nitrogen and oxygen atoms in total. The van der Waals surface area contributed by atoms with Gasteiger partial charge >= 0.3 is 0 Å². The monoisotopic (exact) mass is 501 g/mol. The molecule has 0 fully saturated rings. The molecule has 0 radical (unpaired) electrons. The molecule has 2 aromatic carbocycles. The Kier molecular flexibility index (Phi) is 5.07. The van der Waals surface area contributed by atoms with E-state index in [0.29, 0.717) is 5.75 Å². The van der Waals surface area contributed by atoms with Crippen molar-refractivity contribution in [3.63, 3.8) is 0 Å². The predicted octanol–water partition coefficient (Wildman–Crippen LogP) is 4.82. The smallest absolute Gasteiger partial charge is 0.164 e. The summed E-state index contributed by atoms with van der Waals surface area (Å²) in [6, 6.07) is 6.89. The summed E-state index contributed by atoms with van der Waals surface area (Å²) in [5, 5.41) is 3.32. The van der Waals surface area contributed by atoms with Crippen LogP contribution in [0.25, 0.3) is 0 Å². The second-order valence-electron chi connectivity index (χ2n) is 6.37. The molecule has 0 spiro atoms. The van der Waals surface area contributed by atoms with Gasteiger partial charge in [-0.1, -0.05) is 34.2 Å². The number of aliphatic imine (C=N–C) groups is 1. The van der Waals surface area contributed by atoms with E-state index in [9.17, 15) is 4.39 Å². The van der Waals surface area contributed by atoms with Gasteiger partial charge in [-0.2, -0.15) is 0 Å². The van der Waals surface area contributed by atoms with Gasteiger partial charge in [0.1, 0.15) is 5.82 Å². The number of anilines is 2. The number of benzene rings is 2. The highest BCUT2D eigenvalue weighted by molar-refractivity contribution is 14.1. The first kappa shape index (κ1) is 18.6. The number of halogens is 3. The minimum absolute atomic E-state index is 0.107. The van der Waals surface area contributed by atoms with E-state index in [2.05, 4.69) is 32.8 Å². The fourth-order valence-electron chi connectivity index (χ4n) is 3.82. The van der Waals surface area contributed by atoms with Crippen LogP contribution >= 0.6 is 34.2 Å². The average Bonchev–Trinajstić information content (AvgIpc) is 2.69. The standard InChI is InChI=1S/C19H18ClFIN3O2/c1-26-16-7-15-17-12(18(16)27-2)5-11(8-22)25(19(17)24-9-23-15)10-3-4-14(21)13(20)6-10/h3-4,6-7,9,11,19H,5,8H2,1-2H3,(H,23,24). The molecule has 2 unspecified atom stereocenters. The van der Waals surface area contributed by atoms with Gasteiger partial charge in [0.2, 0.25) is 0 Å². The minimum atomic E-state index is -0.426. The second-order valence-corrected chi connectivity index (χ2v) is 7.65. The zero-order chi connectivity index (χ0) is 19.1. The maximum atomic E-state index is 13.7. The van der Waals surface area contributed by atoms with Crippen LogP contribution in [0.4, 0.5) is 15.8 Å². The molecule has 0 saturated carbocycles. The van der Waals surface area contributed by atoms with Crippen molar-refractivity contribution in [2.75, 3.05) is 28.9 Å². The zero-order valence-corrected chi connectivity index (χ0v) is 17.7. The molecular weight excluding hydrogens is 484 g/mol. The van der Waals surface area contributed by atoms with Crippen LogP contribution in [0.3, 0.4) is 0 Å². The van der Waals surface area contributed by atoms with Crippen LogP contribution < -0.4 is 19.7 Å². The molecule has 2 atom stereocenters. The molecule has 1 N–H and O–H groups in total. The van der Waals surface area contributed by atoms with Crippen LogP contribution in [0.5, 0.6) is 11.5 Å². The van der Waals surface area contributed by atoms with Crippen molar-refractivity contribution in [3.8, 4) is 11.5 Å². The summed E-state index contributed by atoms with van der Waals surface area (Å²) in [6.45, 7) is 0. The van der Waals surface area contributed by atoms with Gasteiger partial charge < -0.3 is 19.7 Å². The lowest BCUT2D eigenvalue weighted by molar-refractivity contribution is 0.347. The maximum Gasteiger partial charge on any atom is 0.164 e. The molecule has 0 bridgehead atoms. The van der Waals surface area contributed by atoms with Crippen molar-refractivity contribution in [2.24, 2.45) is 4.99 Å². The Morgan fingerprint density at radius 3 is 2.81 bits per heavy atom. The fourth-order valence-corrected chi connectivity index (χ4v) is 4.73. The molecule has 2 aliphatic rings. The summed E-state index contributed by atoms with van der Waals surface area (Å²) in [4.78, 5) is 6.89. The van der Waals surface area contributed by atoms with Crippen LogP contribution in [0.2, 0.25) is 5.02 Å². The summed E-state index contributed by atoms with van der Waals surface area (Å²) in [7, 11) is 3.29. The molecule has 0 aromatic heterocycles. The summed E-state index contributed by atoms with van der Waals surface area (Å²) < 4.78 is 25.8. The molecule has 142 valence electrons. The number of hydrogen-bond donors (Lipinski definition) is 1. The van der Waals surface area contributed by atoms with Crippen molar-refractivity contribution >= 4 is 51.9 Å². The summed E-state index contributed by atoms with van der Waals surface area (Å²) in [5.74, 6) is 1.01. The highest BCUT2D eigenvalue weighted by Crippen LogP contribution is 2.49. The van der Waals surface area contributed by atoms with Gasteiger partial charge in [0, 0.05) is 33.4 Å². The number of rotatable bonds is 4. The van der Waals surface area contributed by atoms with E-state index < -0.39 is 5.82 Å². The lowest BCUT2D eigenvalue weighted by atomic mass is 9.88. The molecule has 2 heterocycles. The normalized spacial score (nSPS) is 20.1. The Bertz CT molecular complexity index is 924. The Hall–Kier alpha value is -1.74. The number of nitrogens with one attached hydrogen (secondary N) is 1. The number of nitrogens with zero attached hydrogens (tertiary/aromatic N) is 2. The number of methoxy groups -OCH3 is 2. The Morgan fingerprint density at radius 2 is 2.15 bits per heavy atom. The largest absolute Gasteiger partial charge is 0.493 e. The minimum Gasteiger partial charge on any atom is -0.493 e. The topological polar surface area (TPSA) is 46.1 Å². The molecule has 0 aliphatic carbocycles. The maximum absolute atomic E-state index is 13.7. The van der Waals surface area contributed by atoms with Gasteiger partial charge in [-0.15, -0.1) is 0 Å². The first-order valence-electron chi connectivity index (χ1n) is 8.44. The quantitative estimate of drug-likeness (QED) is 0.482. The molecule has 27 heavy (non-hydrogen) atoms. The third-order valence-electron chi connectivity index (χ3n) is 4.98. The summed E-state index contributed by atoms with van der Waals surface area (Å²) in [5.41, 5.74) is 3.93. The first-order valence-corrected chi connectivity index (χ1v) is 10.3. The summed E-state index contributed by atoms with van der Waals surface area (Å²) >= 11 is 8.43. The Morgan fingerprint density at radius 1 is 1.33 bits per heavy atom. The molecular formula is C19H18ClFIN3O2. The van der Waals surface area contributed by atoms with E-state index in [0.717, 1.165) is 39.1 Å². The van der Waals surface area contributed by atoms with Crippen LogP contribution in [-0.2, 0) is 6.42 Å². The third-order valence-corrected chi connectivity index (χ3v) is 6.29. The Balaban J connectivity index is 1.91. The van der Waals surface area contributed by atoms with Gasteiger partial charge in [-0.3, -0.25) is 0 Å². The second kappa shape index (κ2) is 7.35. The number of alkyl halides is 1. The van der Waals surface area contributed by atoms with Crippen LogP contribution in [0, 0.1) is 5.82 Å². The number of hydrogen-bond acceptors (Lipinski definition) is 5. The van der Waals surface area contributed by atoms with E-state index in [1.807, 2.05) is 6.07 Å². The van der Waals surface area contributed by atoms with E-state index in [1.54, 1.807) is 32.7 Å². The predicted molar refractivity (Wildman–Crippen MR) is 115 cm³/mol. The van der Waals surface area contributed by atoms with E-state index in [1.165, 1.54) is 6.07 Å². The van der Waals surface area contributed by atoms with Crippen molar-refractivity contribution in [1.29, 1.82) is 0 Å². The van der Waals surface area contributed by atoms with Gasteiger partial charge in [-0.05, 0) is 24.6 Å². The van der Waals surface area contributed by atoms with E-state index in [-0.39, 0.29) is 17.2 Å². The molecule has 0 saturated heterocycles. The van der Waals surface area contributed by atoms with Crippen LogP contribution in [-0.4, -0.2) is 31.0 Å². The SMILES string of the molecule is COc1cc2c3c(c1OC)CC(CI)N(c1ccc(F)c(Cl)c1)C3N=CN2. The van der Waals surface area contributed by atoms with Crippen LogP contribution in [0.1, 0.15) is 17.3 Å². The fraction of sp³-hybridized carbons (Fsp3) is 0.316. The van der Waals surface area contributed by atoms with Gasteiger partial charge in [0.05, 0.1) is 31.3 Å². The molecule has 0 amide bonds. The average molecular weight is 502 g/mol. The van der Waals surface area contributed by atoms with E-state index >= 15 is 0 Å². The van der Waals surface area contributed by atoms with Crippen molar-refractivity contribution in [2.45, 2.75) is 18.6 Å². The molecule has 2 aromatic rings. The van der Waals surface area contributed by atoms with Gasteiger partial charge in [0.15, 0.2) is 17.7 Å². The summed E-state index contributed by atoms with van der Waals surface area (Å²) in [6.07, 6.45) is 2.20. The molecule has 8 heteroatoms. The molecule has 4 rings (SSSR count). The van der Waals surface area contributed by atoms with Crippen molar-refractivity contribution < 1.29 is 13.9 Å². The number of ether oxygens (including phenoxy) is 2. The van der Waals surface area contributed by atoms with E-state index in [4.69, 9.17) is 26.1 Å². The molecule has 2 aliphatic heterocycles. The highest BCUT2D eigenvalue weighted by Gasteiger charge is 2.39. The van der Waals surface area contributed by atoms with Gasteiger partial charge in [-0.25, -0.2) is 9.38 Å². The Labute approximate surface area is 175 Å².